The van der Waals surface area contributed by atoms with E-state index in [0.29, 0.717) is 28.6 Å². The van der Waals surface area contributed by atoms with E-state index in [4.69, 9.17) is 18.6 Å². The molecule has 0 fully saturated rings. The Balaban J connectivity index is 1.91. The zero-order valence-corrected chi connectivity index (χ0v) is 12.2. The first-order chi connectivity index (χ1) is 10.6. The number of hydrogen-bond acceptors (Lipinski definition) is 5. The fourth-order valence-electron chi connectivity index (χ4n) is 2.80. The van der Waals surface area contributed by atoms with E-state index in [-0.39, 0.29) is 12.9 Å². The minimum atomic E-state index is -0.399. The van der Waals surface area contributed by atoms with E-state index in [9.17, 15) is 4.79 Å². The predicted molar refractivity (Wildman–Crippen MR) is 80.2 cm³/mol. The number of hydrogen-bond donors (Lipinski definition) is 0. The van der Waals surface area contributed by atoms with Crippen molar-refractivity contribution in [2.24, 2.45) is 0 Å². The van der Waals surface area contributed by atoms with E-state index >= 15 is 0 Å². The van der Waals surface area contributed by atoms with Gasteiger partial charge in [0, 0.05) is 17.2 Å². The molecule has 0 saturated carbocycles. The Morgan fingerprint density at radius 2 is 2.05 bits per heavy atom. The first kappa shape index (κ1) is 13.0. The topological polar surface area (TPSA) is 57.9 Å². The summed E-state index contributed by atoms with van der Waals surface area (Å²) in [7, 11) is 0. The van der Waals surface area contributed by atoms with Crippen molar-refractivity contribution in [3.63, 3.8) is 0 Å². The Kier molecular flexibility index (Phi) is 2.76. The Morgan fingerprint density at radius 1 is 1.18 bits per heavy atom. The fourth-order valence-corrected chi connectivity index (χ4v) is 2.80. The van der Waals surface area contributed by atoms with Gasteiger partial charge in [-0.1, -0.05) is 12.1 Å². The third kappa shape index (κ3) is 1.89. The number of benzene rings is 1. The van der Waals surface area contributed by atoms with E-state index in [1.807, 2.05) is 31.2 Å². The van der Waals surface area contributed by atoms with E-state index in [0.717, 1.165) is 11.1 Å². The van der Waals surface area contributed by atoms with Gasteiger partial charge in [-0.3, -0.25) is 0 Å². The molecule has 0 saturated heterocycles. The maximum atomic E-state index is 12.1. The van der Waals surface area contributed by atoms with Crippen molar-refractivity contribution >= 4 is 11.6 Å². The largest absolute Gasteiger partial charge is 0.485 e. The molecule has 1 aromatic heterocycles. The second-order valence-electron chi connectivity index (χ2n) is 5.32. The smallest absolute Gasteiger partial charge is 0.347 e. The summed E-state index contributed by atoms with van der Waals surface area (Å²) in [4.78, 5) is 12.1. The first-order valence-corrected chi connectivity index (χ1v) is 7.05. The molecule has 5 heteroatoms. The van der Waals surface area contributed by atoms with Gasteiger partial charge in [-0.15, -0.1) is 0 Å². The van der Waals surface area contributed by atoms with Crippen LogP contribution < -0.4 is 19.8 Å². The van der Waals surface area contributed by atoms with Gasteiger partial charge in [0.15, 0.2) is 11.5 Å². The average Bonchev–Trinajstić information content (AvgIpc) is 2.95. The van der Waals surface area contributed by atoms with Crippen LogP contribution in [0.4, 0.5) is 0 Å². The van der Waals surface area contributed by atoms with Crippen molar-refractivity contribution < 1.29 is 18.6 Å². The van der Waals surface area contributed by atoms with Crippen molar-refractivity contribution in [2.75, 3.05) is 6.79 Å². The van der Waals surface area contributed by atoms with Crippen molar-refractivity contribution in [1.29, 1.82) is 0 Å². The third-order valence-electron chi connectivity index (χ3n) is 3.82. The van der Waals surface area contributed by atoms with Crippen LogP contribution in [0.5, 0.6) is 17.2 Å². The molecule has 0 bridgehead atoms. The maximum Gasteiger partial charge on any atom is 0.347 e. The molecule has 2 aromatic rings. The standard InChI is InChI=1S/C17H14O5/c1-9-6-15-13(17(18)21-9)7-12(10(2)22-15)11-4-3-5-14-16(11)20-8-19-14/h3-7,10H,8H2,1-2H3. The lowest BCUT2D eigenvalue weighted by molar-refractivity contribution is 0.173. The molecule has 2 aliphatic rings. The van der Waals surface area contributed by atoms with Crippen molar-refractivity contribution in [3.05, 3.63) is 51.6 Å². The highest BCUT2D eigenvalue weighted by atomic mass is 16.7. The summed E-state index contributed by atoms with van der Waals surface area (Å²) in [5.41, 5.74) is 1.76. The normalized spacial score (nSPS) is 18.5. The SMILES string of the molecule is Cc1cc2c(c(=O)o1)C=C(c1cccc3c1OCO3)C(C)O2. The van der Waals surface area contributed by atoms with Crippen molar-refractivity contribution in [1.82, 2.24) is 0 Å². The number of ether oxygens (including phenoxy) is 3. The first-order valence-electron chi connectivity index (χ1n) is 7.05. The van der Waals surface area contributed by atoms with E-state index < -0.39 is 5.63 Å². The highest BCUT2D eigenvalue weighted by molar-refractivity contribution is 5.89. The molecule has 0 aliphatic carbocycles. The van der Waals surface area contributed by atoms with Crippen LogP contribution in [0, 0.1) is 6.92 Å². The number of fused-ring (bicyclic) bond motifs is 2. The highest BCUT2D eigenvalue weighted by Gasteiger charge is 2.27. The highest BCUT2D eigenvalue weighted by Crippen LogP contribution is 2.42. The van der Waals surface area contributed by atoms with Crippen molar-refractivity contribution in [3.8, 4) is 17.2 Å². The minimum Gasteiger partial charge on any atom is -0.485 e. The molecule has 4 rings (SSSR count). The van der Waals surface area contributed by atoms with Crippen LogP contribution in [0.2, 0.25) is 0 Å². The minimum absolute atomic E-state index is 0.201. The van der Waals surface area contributed by atoms with Gasteiger partial charge in [-0.2, -0.15) is 0 Å². The Morgan fingerprint density at radius 3 is 2.91 bits per heavy atom. The summed E-state index contributed by atoms with van der Waals surface area (Å²) in [5.74, 6) is 2.47. The van der Waals surface area contributed by atoms with Crippen LogP contribution >= 0.6 is 0 Å². The van der Waals surface area contributed by atoms with Crippen LogP contribution in [-0.4, -0.2) is 12.9 Å². The van der Waals surface area contributed by atoms with Crippen LogP contribution in [-0.2, 0) is 0 Å². The molecule has 0 N–H and O–H groups in total. The van der Waals surface area contributed by atoms with E-state index in [1.54, 1.807) is 13.0 Å². The molecule has 0 radical (unpaired) electrons. The number of para-hydroxylation sites is 1. The lowest BCUT2D eigenvalue weighted by Crippen LogP contribution is -2.22. The van der Waals surface area contributed by atoms with Crippen LogP contribution in [0.1, 0.15) is 23.8 Å². The molecule has 0 amide bonds. The molecule has 3 heterocycles. The molecule has 2 aliphatic heterocycles. The monoisotopic (exact) mass is 298 g/mol. The van der Waals surface area contributed by atoms with Crippen molar-refractivity contribution in [2.45, 2.75) is 20.0 Å². The second-order valence-corrected chi connectivity index (χ2v) is 5.32. The molecule has 1 atom stereocenters. The lowest BCUT2D eigenvalue weighted by Gasteiger charge is -2.24. The second kappa shape index (κ2) is 4.66. The molecular weight excluding hydrogens is 284 g/mol. The van der Waals surface area contributed by atoms with Gasteiger partial charge in [0.25, 0.3) is 0 Å². The van der Waals surface area contributed by atoms with Gasteiger partial charge in [-0.05, 0) is 26.0 Å². The van der Waals surface area contributed by atoms with Gasteiger partial charge in [-0.25, -0.2) is 4.79 Å². The molecule has 0 spiro atoms. The molecule has 5 nitrogen and oxygen atoms in total. The van der Waals surface area contributed by atoms with Gasteiger partial charge >= 0.3 is 5.63 Å². The summed E-state index contributed by atoms with van der Waals surface area (Å²) in [6, 6.07) is 7.41. The molecule has 112 valence electrons. The molecule has 22 heavy (non-hydrogen) atoms. The third-order valence-corrected chi connectivity index (χ3v) is 3.82. The predicted octanol–water partition coefficient (Wildman–Crippen LogP) is 3.00. The zero-order valence-electron chi connectivity index (χ0n) is 12.2. The molecule has 1 unspecified atom stereocenters. The van der Waals surface area contributed by atoms with Crippen LogP contribution in [0.3, 0.4) is 0 Å². The maximum absolute atomic E-state index is 12.1. The summed E-state index contributed by atoms with van der Waals surface area (Å²) in [6.07, 6.45) is 1.61. The zero-order chi connectivity index (χ0) is 15.3. The number of rotatable bonds is 1. The Hall–Kier alpha value is -2.69. The van der Waals surface area contributed by atoms with Gasteiger partial charge in [0.05, 0.1) is 0 Å². The molecule has 1 aromatic carbocycles. The lowest BCUT2D eigenvalue weighted by atomic mass is 9.95. The van der Waals surface area contributed by atoms with Crippen LogP contribution in [0.15, 0.2) is 33.5 Å². The van der Waals surface area contributed by atoms with Gasteiger partial charge in [0.1, 0.15) is 23.2 Å². The fraction of sp³-hybridized carbons (Fsp3) is 0.235. The van der Waals surface area contributed by atoms with Gasteiger partial charge < -0.3 is 18.6 Å². The number of aryl methyl sites for hydroxylation is 1. The Bertz CT molecular complexity index is 847. The summed E-state index contributed by atoms with van der Waals surface area (Å²) < 4.78 is 22.0. The molecular formula is C17H14O5. The summed E-state index contributed by atoms with van der Waals surface area (Å²) in [5, 5.41) is 0. The summed E-state index contributed by atoms with van der Waals surface area (Å²) in [6.45, 7) is 3.87. The average molecular weight is 298 g/mol. The van der Waals surface area contributed by atoms with Gasteiger partial charge in [0.2, 0.25) is 6.79 Å². The van der Waals surface area contributed by atoms with Crippen LogP contribution in [0.25, 0.3) is 11.6 Å². The quantitative estimate of drug-likeness (QED) is 0.810. The summed E-state index contributed by atoms with van der Waals surface area (Å²) >= 11 is 0. The Labute approximate surface area is 126 Å². The van der Waals surface area contributed by atoms with E-state index in [1.165, 1.54) is 0 Å². The van der Waals surface area contributed by atoms with E-state index in [2.05, 4.69) is 0 Å².